The molecule has 5 heteroatoms. The molecule has 1 aliphatic rings. The number of rotatable bonds is 4. The van der Waals surface area contributed by atoms with E-state index in [0.717, 1.165) is 25.7 Å². The molecule has 2 unspecified atom stereocenters. The Balaban J connectivity index is 2.08. The van der Waals surface area contributed by atoms with Crippen LogP contribution in [0.15, 0.2) is 18.2 Å². The number of carbonyl (C=O) groups is 2. The van der Waals surface area contributed by atoms with E-state index in [4.69, 9.17) is 10.8 Å². The van der Waals surface area contributed by atoms with Crippen LogP contribution < -0.4 is 11.1 Å². The predicted molar refractivity (Wildman–Crippen MR) is 81.3 cm³/mol. The Morgan fingerprint density at radius 1 is 1.33 bits per heavy atom. The van der Waals surface area contributed by atoms with Gasteiger partial charge in [0, 0.05) is 11.6 Å². The molecule has 1 saturated carbocycles. The molecule has 0 aliphatic heterocycles. The number of carboxylic acid groups (broad SMARTS) is 1. The van der Waals surface area contributed by atoms with Crippen LogP contribution in [0.25, 0.3) is 0 Å². The SMILES string of the molecule is Cc1cc(NC(=O)C2CCCCC2CN)ccc1C(=O)O. The molecule has 1 aliphatic carbocycles. The highest BCUT2D eigenvalue weighted by atomic mass is 16.4. The fourth-order valence-electron chi connectivity index (χ4n) is 3.05. The van der Waals surface area contributed by atoms with Crippen molar-refractivity contribution in [1.82, 2.24) is 0 Å². The lowest BCUT2D eigenvalue weighted by atomic mass is 9.78. The number of hydrogen-bond donors (Lipinski definition) is 3. The third-order valence-electron chi connectivity index (χ3n) is 4.27. The highest BCUT2D eigenvalue weighted by Crippen LogP contribution is 2.30. The average Bonchev–Trinajstić information content (AvgIpc) is 2.46. The van der Waals surface area contributed by atoms with E-state index < -0.39 is 5.97 Å². The molecule has 21 heavy (non-hydrogen) atoms. The minimum atomic E-state index is -0.958. The van der Waals surface area contributed by atoms with Crippen LogP contribution in [0.2, 0.25) is 0 Å². The Bertz CT molecular complexity index is 542. The van der Waals surface area contributed by atoms with Gasteiger partial charge < -0.3 is 16.2 Å². The topological polar surface area (TPSA) is 92.4 Å². The third-order valence-corrected chi connectivity index (χ3v) is 4.27. The Morgan fingerprint density at radius 3 is 2.67 bits per heavy atom. The van der Waals surface area contributed by atoms with E-state index in [0.29, 0.717) is 17.8 Å². The molecule has 0 spiro atoms. The van der Waals surface area contributed by atoms with E-state index in [-0.39, 0.29) is 23.3 Å². The summed E-state index contributed by atoms with van der Waals surface area (Å²) >= 11 is 0. The van der Waals surface area contributed by atoms with E-state index in [1.54, 1.807) is 19.1 Å². The van der Waals surface area contributed by atoms with E-state index in [9.17, 15) is 9.59 Å². The van der Waals surface area contributed by atoms with Gasteiger partial charge in [0.05, 0.1) is 5.56 Å². The van der Waals surface area contributed by atoms with Crippen LogP contribution in [0, 0.1) is 18.8 Å². The summed E-state index contributed by atoms with van der Waals surface area (Å²) in [5.74, 6) is -0.755. The quantitative estimate of drug-likeness (QED) is 0.794. The van der Waals surface area contributed by atoms with Crippen molar-refractivity contribution in [3.05, 3.63) is 29.3 Å². The van der Waals surface area contributed by atoms with Crippen molar-refractivity contribution in [1.29, 1.82) is 0 Å². The maximum absolute atomic E-state index is 12.4. The summed E-state index contributed by atoms with van der Waals surface area (Å²) < 4.78 is 0. The molecule has 114 valence electrons. The Morgan fingerprint density at radius 2 is 2.05 bits per heavy atom. The number of nitrogens with two attached hydrogens (primary N) is 1. The predicted octanol–water partition coefficient (Wildman–Crippen LogP) is 2.40. The molecule has 0 aromatic heterocycles. The first kappa shape index (κ1) is 15.5. The summed E-state index contributed by atoms with van der Waals surface area (Å²) in [5.41, 5.74) is 7.29. The fraction of sp³-hybridized carbons (Fsp3) is 0.500. The first-order chi connectivity index (χ1) is 10.0. The molecule has 2 rings (SSSR count). The molecule has 1 aromatic rings. The molecule has 5 nitrogen and oxygen atoms in total. The van der Waals surface area contributed by atoms with Crippen LogP contribution >= 0.6 is 0 Å². The Labute approximate surface area is 124 Å². The van der Waals surface area contributed by atoms with Gasteiger partial charge in [0.2, 0.25) is 5.91 Å². The van der Waals surface area contributed by atoms with Crippen molar-refractivity contribution in [2.75, 3.05) is 11.9 Å². The molecule has 0 saturated heterocycles. The van der Waals surface area contributed by atoms with Gasteiger partial charge in [0.25, 0.3) is 0 Å². The number of aromatic carboxylic acids is 1. The maximum Gasteiger partial charge on any atom is 0.335 e. The fourth-order valence-corrected chi connectivity index (χ4v) is 3.05. The van der Waals surface area contributed by atoms with Crippen LogP contribution in [-0.4, -0.2) is 23.5 Å². The summed E-state index contributed by atoms with van der Waals surface area (Å²) in [6.07, 6.45) is 4.08. The second-order valence-electron chi connectivity index (χ2n) is 5.71. The number of hydrogen-bond acceptors (Lipinski definition) is 3. The normalized spacial score (nSPS) is 21.8. The zero-order valence-corrected chi connectivity index (χ0v) is 12.3. The van der Waals surface area contributed by atoms with Gasteiger partial charge in [-0.15, -0.1) is 0 Å². The summed E-state index contributed by atoms with van der Waals surface area (Å²) in [4.78, 5) is 23.4. The van der Waals surface area contributed by atoms with Gasteiger partial charge in [-0.2, -0.15) is 0 Å². The van der Waals surface area contributed by atoms with Gasteiger partial charge in [-0.1, -0.05) is 12.8 Å². The highest BCUT2D eigenvalue weighted by Gasteiger charge is 2.29. The second kappa shape index (κ2) is 6.72. The summed E-state index contributed by atoms with van der Waals surface area (Å²) in [7, 11) is 0. The average molecular weight is 290 g/mol. The lowest BCUT2D eigenvalue weighted by Crippen LogP contribution is -2.35. The molecule has 2 atom stereocenters. The monoisotopic (exact) mass is 290 g/mol. The molecule has 0 heterocycles. The van der Waals surface area contributed by atoms with Crippen LogP contribution in [0.4, 0.5) is 5.69 Å². The third kappa shape index (κ3) is 3.61. The van der Waals surface area contributed by atoms with Gasteiger partial charge in [-0.3, -0.25) is 4.79 Å². The van der Waals surface area contributed by atoms with Crippen molar-refractivity contribution in [3.8, 4) is 0 Å². The van der Waals surface area contributed by atoms with Gasteiger partial charge in [-0.05, 0) is 56.0 Å². The minimum absolute atomic E-state index is 0.00683. The number of carbonyl (C=O) groups excluding carboxylic acids is 1. The molecule has 4 N–H and O–H groups in total. The van der Waals surface area contributed by atoms with Crippen LogP contribution in [-0.2, 0) is 4.79 Å². The number of amides is 1. The number of aryl methyl sites for hydroxylation is 1. The molecule has 1 amide bonds. The smallest absolute Gasteiger partial charge is 0.335 e. The first-order valence-electron chi connectivity index (χ1n) is 7.37. The largest absolute Gasteiger partial charge is 0.478 e. The highest BCUT2D eigenvalue weighted by molar-refractivity contribution is 5.94. The van der Waals surface area contributed by atoms with Gasteiger partial charge in [0.15, 0.2) is 0 Å². The molecular weight excluding hydrogens is 268 g/mol. The Kier molecular flexibility index (Phi) is 4.96. The molecule has 1 fully saturated rings. The zero-order chi connectivity index (χ0) is 15.4. The van der Waals surface area contributed by atoms with Crippen LogP contribution in [0.3, 0.4) is 0 Å². The van der Waals surface area contributed by atoms with Crippen molar-refractivity contribution in [2.24, 2.45) is 17.6 Å². The zero-order valence-electron chi connectivity index (χ0n) is 12.3. The molecule has 0 bridgehead atoms. The van der Waals surface area contributed by atoms with Crippen molar-refractivity contribution in [3.63, 3.8) is 0 Å². The van der Waals surface area contributed by atoms with Crippen molar-refractivity contribution < 1.29 is 14.7 Å². The van der Waals surface area contributed by atoms with E-state index in [2.05, 4.69) is 5.32 Å². The number of carboxylic acids is 1. The van der Waals surface area contributed by atoms with Crippen LogP contribution in [0.1, 0.15) is 41.6 Å². The van der Waals surface area contributed by atoms with E-state index in [1.807, 2.05) is 0 Å². The molecule has 0 radical (unpaired) electrons. The lowest BCUT2D eigenvalue weighted by Gasteiger charge is -2.29. The molecular formula is C16H22N2O3. The first-order valence-corrected chi connectivity index (χ1v) is 7.37. The van der Waals surface area contributed by atoms with Crippen molar-refractivity contribution in [2.45, 2.75) is 32.6 Å². The minimum Gasteiger partial charge on any atom is -0.478 e. The number of nitrogens with one attached hydrogen (secondary N) is 1. The summed E-state index contributed by atoms with van der Waals surface area (Å²) in [6, 6.07) is 4.85. The van der Waals surface area contributed by atoms with Gasteiger partial charge in [-0.25, -0.2) is 4.79 Å². The van der Waals surface area contributed by atoms with Gasteiger partial charge in [0.1, 0.15) is 0 Å². The lowest BCUT2D eigenvalue weighted by molar-refractivity contribution is -0.122. The standard InChI is InChI=1S/C16H22N2O3/c1-10-8-12(6-7-13(10)16(20)21)18-15(19)14-5-3-2-4-11(14)9-17/h6-8,11,14H,2-5,9,17H2,1H3,(H,18,19)(H,20,21). The number of anilines is 1. The Hall–Kier alpha value is -1.88. The number of benzene rings is 1. The van der Waals surface area contributed by atoms with Crippen molar-refractivity contribution >= 4 is 17.6 Å². The molecule has 1 aromatic carbocycles. The van der Waals surface area contributed by atoms with E-state index >= 15 is 0 Å². The second-order valence-corrected chi connectivity index (χ2v) is 5.71. The van der Waals surface area contributed by atoms with E-state index in [1.165, 1.54) is 6.07 Å². The summed E-state index contributed by atoms with van der Waals surface area (Å²) in [5, 5.41) is 11.9. The maximum atomic E-state index is 12.4. The van der Waals surface area contributed by atoms with Crippen LogP contribution in [0.5, 0.6) is 0 Å². The van der Waals surface area contributed by atoms with Gasteiger partial charge >= 0.3 is 5.97 Å². The summed E-state index contributed by atoms with van der Waals surface area (Å²) in [6.45, 7) is 2.26.